The molecule has 1 heterocycles. The first kappa shape index (κ1) is 19.6. The summed E-state index contributed by atoms with van der Waals surface area (Å²) >= 11 is 0. The van der Waals surface area contributed by atoms with Crippen molar-refractivity contribution in [3.63, 3.8) is 0 Å². The molecule has 0 aliphatic carbocycles. The molecular weight excluding hydrogens is 358 g/mol. The molecule has 0 aliphatic heterocycles. The van der Waals surface area contributed by atoms with E-state index in [2.05, 4.69) is 0 Å². The van der Waals surface area contributed by atoms with Crippen molar-refractivity contribution in [2.45, 2.75) is 32.9 Å². The van der Waals surface area contributed by atoms with E-state index in [1.165, 1.54) is 12.1 Å². The van der Waals surface area contributed by atoms with Gasteiger partial charge in [-0.15, -0.1) is 0 Å². The van der Waals surface area contributed by atoms with Crippen LogP contribution in [0.15, 0.2) is 57.7 Å². The second-order valence-corrected chi connectivity index (χ2v) is 6.96. The molecule has 3 aromatic rings. The second-order valence-electron chi connectivity index (χ2n) is 6.96. The van der Waals surface area contributed by atoms with Crippen LogP contribution in [0.2, 0.25) is 0 Å². The number of carboxylic acid groups (broad SMARTS) is 1. The lowest BCUT2D eigenvalue weighted by atomic mass is 9.97. The molecule has 0 fully saturated rings. The molecule has 2 atom stereocenters. The summed E-state index contributed by atoms with van der Waals surface area (Å²) in [7, 11) is 0. The lowest BCUT2D eigenvalue weighted by molar-refractivity contribution is -0.704. The van der Waals surface area contributed by atoms with Crippen molar-refractivity contribution < 1.29 is 24.7 Å². The van der Waals surface area contributed by atoms with Crippen LogP contribution in [0.25, 0.3) is 22.1 Å². The molecule has 0 unspecified atom stereocenters. The molecule has 3 N–H and O–H groups in total. The van der Waals surface area contributed by atoms with E-state index in [0.29, 0.717) is 22.9 Å². The SMILES string of the molecule is CC[C@@H](C)[C@H]([NH2+]Cc1c(O)ccc2c(-c3ccccc3)cc(=O)oc12)C(=O)[O-]. The Hall–Kier alpha value is -3.12. The van der Waals surface area contributed by atoms with Gasteiger partial charge in [-0.05, 0) is 29.7 Å². The van der Waals surface area contributed by atoms with E-state index < -0.39 is 17.6 Å². The van der Waals surface area contributed by atoms with E-state index in [-0.39, 0.29) is 23.8 Å². The standard InChI is InChI=1S/C22H23NO5/c1-3-13(2)20(22(26)27)23-12-17-18(24)10-9-15-16(11-19(25)28-21(15)17)14-7-5-4-6-8-14/h4-11,13,20,23-24H,3,12H2,1-2H3,(H,26,27)/t13-,20+/m1/s1. The lowest BCUT2D eigenvalue weighted by Gasteiger charge is -2.22. The molecule has 0 saturated carbocycles. The van der Waals surface area contributed by atoms with Gasteiger partial charge in [0, 0.05) is 17.4 Å². The van der Waals surface area contributed by atoms with Gasteiger partial charge in [-0.1, -0.05) is 44.2 Å². The van der Waals surface area contributed by atoms with Crippen molar-refractivity contribution >= 4 is 16.9 Å². The van der Waals surface area contributed by atoms with Crippen LogP contribution in [0.1, 0.15) is 25.8 Å². The van der Waals surface area contributed by atoms with Crippen molar-refractivity contribution in [1.82, 2.24) is 0 Å². The van der Waals surface area contributed by atoms with Crippen molar-refractivity contribution in [3.8, 4) is 16.9 Å². The van der Waals surface area contributed by atoms with Gasteiger partial charge >= 0.3 is 5.63 Å². The molecule has 146 valence electrons. The summed E-state index contributed by atoms with van der Waals surface area (Å²) < 4.78 is 5.42. The number of nitrogens with two attached hydrogens (primary N) is 1. The maximum absolute atomic E-state index is 12.2. The smallest absolute Gasteiger partial charge is 0.336 e. The number of rotatable bonds is 7. The minimum atomic E-state index is -1.15. The fraction of sp³-hybridized carbons (Fsp3) is 0.273. The van der Waals surface area contributed by atoms with Crippen molar-refractivity contribution in [2.24, 2.45) is 5.92 Å². The highest BCUT2D eigenvalue weighted by Gasteiger charge is 2.23. The highest BCUT2D eigenvalue weighted by Crippen LogP contribution is 2.32. The van der Waals surface area contributed by atoms with Crippen molar-refractivity contribution in [2.75, 3.05) is 0 Å². The third-order valence-electron chi connectivity index (χ3n) is 5.18. The highest BCUT2D eigenvalue weighted by atomic mass is 16.4. The number of carbonyl (C=O) groups excluding carboxylic acids is 1. The Morgan fingerprint density at radius 3 is 2.57 bits per heavy atom. The Morgan fingerprint density at radius 2 is 1.93 bits per heavy atom. The summed E-state index contributed by atoms with van der Waals surface area (Å²) in [6.45, 7) is 3.90. The zero-order valence-corrected chi connectivity index (χ0v) is 15.8. The van der Waals surface area contributed by atoms with Crippen LogP contribution in [0, 0.1) is 5.92 Å². The first-order valence-electron chi connectivity index (χ1n) is 9.30. The number of carbonyl (C=O) groups is 1. The molecule has 0 aliphatic rings. The average Bonchev–Trinajstić information content (AvgIpc) is 2.69. The molecule has 0 radical (unpaired) electrons. The predicted octanol–water partition coefficient (Wildman–Crippen LogP) is 1.39. The number of aromatic hydroxyl groups is 1. The monoisotopic (exact) mass is 381 g/mol. The number of quaternary nitrogens is 1. The summed E-state index contributed by atoms with van der Waals surface area (Å²) in [4.78, 5) is 23.7. The van der Waals surface area contributed by atoms with Gasteiger partial charge in [-0.2, -0.15) is 0 Å². The van der Waals surface area contributed by atoms with Crippen LogP contribution in [0.4, 0.5) is 0 Å². The zero-order chi connectivity index (χ0) is 20.3. The van der Waals surface area contributed by atoms with Crippen molar-refractivity contribution in [1.29, 1.82) is 0 Å². The topological polar surface area (TPSA) is 107 Å². The maximum atomic E-state index is 12.2. The van der Waals surface area contributed by atoms with E-state index >= 15 is 0 Å². The molecule has 0 saturated heterocycles. The molecule has 0 bridgehead atoms. The summed E-state index contributed by atoms with van der Waals surface area (Å²) in [5, 5.41) is 24.1. The van der Waals surface area contributed by atoms with Crippen LogP contribution in [-0.2, 0) is 11.3 Å². The molecule has 6 nitrogen and oxygen atoms in total. The van der Waals surface area contributed by atoms with Gasteiger partial charge in [-0.3, -0.25) is 0 Å². The molecule has 0 amide bonds. The van der Waals surface area contributed by atoms with Crippen LogP contribution >= 0.6 is 0 Å². The molecular formula is C22H23NO5. The third kappa shape index (κ3) is 3.92. The number of aliphatic carboxylic acids is 1. The number of hydrogen-bond acceptors (Lipinski definition) is 5. The third-order valence-corrected chi connectivity index (χ3v) is 5.18. The van der Waals surface area contributed by atoms with Crippen LogP contribution in [0.5, 0.6) is 5.75 Å². The molecule has 2 aromatic carbocycles. The normalized spacial score (nSPS) is 13.4. The Labute approximate surface area is 162 Å². The molecule has 3 rings (SSSR count). The number of fused-ring (bicyclic) bond motifs is 1. The van der Waals surface area contributed by atoms with E-state index in [4.69, 9.17) is 4.42 Å². The van der Waals surface area contributed by atoms with E-state index in [0.717, 1.165) is 5.56 Å². The maximum Gasteiger partial charge on any atom is 0.336 e. The molecule has 0 spiro atoms. The van der Waals surface area contributed by atoms with E-state index in [1.54, 1.807) is 11.4 Å². The van der Waals surface area contributed by atoms with Gasteiger partial charge in [0.15, 0.2) is 5.58 Å². The van der Waals surface area contributed by atoms with Gasteiger partial charge in [-0.25, -0.2) is 4.79 Å². The largest absolute Gasteiger partial charge is 0.544 e. The molecule has 1 aromatic heterocycles. The number of benzene rings is 2. The lowest BCUT2D eigenvalue weighted by Crippen LogP contribution is -2.93. The van der Waals surface area contributed by atoms with Gasteiger partial charge in [0.25, 0.3) is 0 Å². The quantitative estimate of drug-likeness (QED) is 0.602. The molecule has 6 heteroatoms. The summed E-state index contributed by atoms with van der Waals surface area (Å²) in [6.07, 6.45) is 0.684. The van der Waals surface area contributed by atoms with E-state index in [9.17, 15) is 19.8 Å². The van der Waals surface area contributed by atoms with Crippen molar-refractivity contribution in [3.05, 3.63) is 64.5 Å². The minimum absolute atomic E-state index is 0.0432. The van der Waals surface area contributed by atoms with Gasteiger partial charge in [0.1, 0.15) is 18.3 Å². The Bertz CT molecular complexity index is 1040. The Morgan fingerprint density at radius 1 is 1.21 bits per heavy atom. The second kappa shape index (κ2) is 8.27. The van der Waals surface area contributed by atoms with Gasteiger partial charge in [0.05, 0.1) is 11.5 Å². The number of phenols is 1. The number of phenolic OH excluding ortho intramolecular Hbond substituents is 1. The van der Waals surface area contributed by atoms with Crippen LogP contribution < -0.4 is 16.0 Å². The van der Waals surface area contributed by atoms with Crippen LogP contribution in [-0.4, -0.2) is 17.1 Å². The predicted molar refractivity (Wildman–Crippen MR) is 103 cm³/mol. The summed E-state index contributed by atoms with van der Waals surface area (Å²) in [5.41, 5.74) is 1.68. The molecule has 28 heavy (non-hydrogen) atoms. The zero-order valence-electron chi connectivity index (χ0n) is 15.8. The summed E-state index contributed by atoms with van der Waals surface area (Å²) in [5.74, 6) is -1.30. The van der Waals surface area contributed by atoms with E-state index in [1.807, 2.05) is 44.2 Å². The Balaban J connectivity index is 2.08. The Kier molecular flexibility index (Phi) is 5.80. The van der Waals surface area contributed by atoms with Crippen LogP contribution in [0.3, 0.4) is 0 Å². The minimum Gasteiger partial charge on any atom is -0.544 e. The van der Waals surface area contributed by atoms with Gasteiger partial charge < -0.3 is 24.7 Å². The number of hydrogen-bond donors (Lipinski definition) is 2. The average molecular weight is 381 g/mol. The number of carboxylic acids is 1. The van der Waals surface area contributed by atoms with Gasteiger partial charge in [0.2, 0.25) is 0 Å². The fourth-order valence-electron chi connectivity index (χ4n) is 3.39. The first-order valence-corrected chi connectivity index (χ1v) is 9.30. The highest BCUT2D eigenvalue weighted by molar-refractivity contribution is 5.95. The summed E-state index contributed by atoms with van der Waals surface area (Å²) in [6, 6.07) is 13.3. The fourth-order valence-corrected chi connectivity index (χ4v) is 3.39. The first-order chi connectivity index (χ1) is 13.4.